The number of nitrogens with zero attached hydrogens (tertiary/aromatic N) is 2. The number of halogens is 1. The molecule has 0 saturated carbocycles. The first kappa shape index (κ1) is 17.3. The third-order valence-corrected chi connectivity index (χ3v) is 4.43. The summed E-state index contributed by atoms with van der Waals surface area (Å²) in [5.41, 5.74) is 2.97. The molecule has 0 bridgehead atoms. The second-order valence-electron chi connectivity index (χ2n) is 6.09. The first-order valence-corrected chi connectivity index (χ1v) is 8.55. The van der Waals surface area contributed by atoms with Crippen molar-refractivity contribution >= 4 is 29.2 Å². The molecule has 1 fully saturated rings. The molecule has 2 aromatic rings. The van der Waals surface area contributed by atoms with Gasteiger partial charge in [-0.25, -0.2) is 4.79 Å². The van der Waals surface area contributed by atoms with Gasteiger partial charge in [-0.3, -0.25) is 9.69 Å². The molecule has 0 radical (unpaired) electrons. The number of hydrogen-bond donors (Lipinski definition) is 1. The minimum atomic E-state index is -0.172. The van der Waals surface area contributed by atoms with Crippen LogP contribution in [-0.4, -0.2) is 36.5 Å². The summed E-state index contributed by atoms with van der Waals surface area (Å²) in [4.78, 5) is 27.9. The van der Waals surface area contributed by atoms with Crippen molar-refractivity contribution in [1.29, 1.82) is 0 Å². The molecule has 0 unspecified atom stereocenters. The van der Waals surface area contributed by atoms with E-state index in [9.17, 15) is 9.59 Å². The van der Waals surface area contributed by atoms with Gasteiger partial charge in [0.25, 0.3) is 0 Å². The largest absolute Gasteiger partial charge is 0.350 e. The first-order valence-electron chi connectivity index (χ1n) is 8.17. The summed E-state index contributed by atoms with van der Waals surface area (Å²) in [7, 11) is 0. The van der Waals surface area contributed by atoms with Crippen LogP contribution in [0, 0.1) is 6.92 Å². The normalized spacial score (nSPS) is 14.1. The number of rotatable bonds is 5. The Balaban J connectivity index is 1.52. The highest BCUT2D eigenvalue weighted by Gasteiger charge is 2.30. The molecule has 1 aliphatic rings. The Morgan fingerprint density at radius 3 is 2.44 bits per heavy atom. The highest BCUT2D eigenvalue weighted by atomic mass is 35.5. The molecular weight excluding hydrogens is 338 g/mol. The molecular formula is C19H20ClN3O2. The summed E-state index contributed by atoms with van der Waals surface area (Å²) in [6.45, 7) is 3.62. The maximum Gasteiger partial charge on any atom is 0.325 e. The van der Waals surface area contributed by atoms with Crippen LogP contribution >= 0.6 is 11.6 Å². The van der Waals surface area contributed by atoms with Crippen molar-refractivity contribution in [1.82, 2.24) is 10.2 Å². The molecule has 0 aromatic heterocycles. The minimum Gasteiger partial charge on any atom is -0.350 e. The number of aryl methyl sites for hydroxylation is 1. The molecule has 130 valence electrons. The number of carbonyl (C=O) groups is 2. The van der Waals surface area contributed by atoms with Crippen LogP contribution in [0.5, 0.6) is 0 Å². The minimum absolute atomic E-state index is 0.0643. The Kier molecular flexibility index (Phi) is 5.24. The molecule has 0 spiro atoms. The third-order valence-electron chi connectivity index (χ3n) is 4.18. The molecule has 1 N–H and O–H groups in total. The summed E-state index contributed by atoms with van der Waals surface area (Å²) in [6.07, 6.45) is 0. The van der Waals surface area contributed by atoms with Crippen LogP contribution < -0.4 is 10.2 Å². The van der Waals surface area contributed by atoms with Gasteiger partial charge >= 0.3 is 6.03 Å². The van der Waals surface area contributed by atoms with Crippen molar-refractivity contribution in [2.45, 2.75) is 13.5 Å². The summed E-state index contributed by atoms with van der Waals surface area (Å²) < 4.78 is 0. The molecule has 2 aromatic carbocycles. The van der Waals surface area contributed by atoms with Crippen molar-refractivity contribution in [3.05, 3.63) is 64.7 Å². The van der Waals surface area contributed by atoms with Crippen molar-refractivity contribution in [3.63, 3.8) is 0 Å². The van der Waals surface area contributed by atoms with Crippen molar-refractivity contribution in [3.8, 4) is 0 Å². The summed E-state index contributed by atoms with van der Waals surface area (Å²) in [5, 5.41) is 3.49. The van der Waals surface area contributed by atoms with Crippen LogP contribution in [0.25, 0.3) is 0 Å². The predicted octanol–water partition coefficient (Wildman–Crippen LogP) is 3.21. The smallest absolute Gasteiger partial charge is 0.325 e. The summed E-state index contributed by atoms with van der Waals surface area (Å²) in [6, 6.07) is 15.0. The van der Waals surface area contributed by atoms with Crippen LogP contribution in [-0.2, 0) is 11.3 Å². The molecule has 1 aliphatic heterocycles. The molecule has 5 nitrogen and oxygen atoms in total. The lowest BCUT2D eigenvalue weighted by Gasteiger charge is -2.18. The maximum atomic E-state index is 12.5. The number of carbonyl (C=O) groups excluding carboxylic acids is 2. The van der Waals surface area contributed by atoms with Crippen LogP contribution in [0.2, 0.25) is 5.02 Å². The summed E-state index contributed by atoms with van der Waals surface area (Å²) in [5.74, 6) is -0.172. The lowest BCUT2D eigenvalue weighted by atomic mass is 10.2. The van der Waals surface area contributed by atoms with Gasteiger partial charge < -0.3 is 10.2 Å². The molecule has 1 heterocycles. The van der Waals surface area contributed by atoms with E-state index in [1.54, 1.807) is 21.9 Å². The predicted molar refractivity (Wildman–Crippen MR) is 98.8 cm³/mol. The Hall–Kier alpha value is -2.53. The quantitative estimate of drug-likeness (QED) is 0.893. The van der Waals surface area contributed by atoms with Crippen LogP contribution in [0.1, 0.15) is 11.1 Å². The van der Waals surface area contributed by atoms with Gasteiger partial charge in [-0.05, 0) is 36.8 Å². The number of benzene rings is 2. The molecule has 6 heteroatoms. The van der Waals surface area contributed by atoms with Gasteiger partial charge in [-0.1, -0.05) is 41.4 Å². The van der Waals surface area contributed by atoms with Crippen molar-refractivity contribution in [2.24, 2.45) is 0 Å². The molecule has 3 amide bonds. The van der Waals surface area contributed by atoms with E-state index in [-0.39, 0.29) is 18.5 Å². The Morgan fingerprint density at radius 2 is 1.76 bits per heavy atom. The molecule has 0 aliphatic carbocycles. The van der Waals surface area contributed by atoms with Crippen LogP contribution in [0.3, 0.4) is 0 Å². The lowest BCUT2D eigenvalue weighted by molar-refractivity contribution is -0.121. The number of nitrogens with one attached hydrogen (secondary N) is 1. The first-order chi connectivity index (χ1) is 12.0. The topological polar surface area (TPSA) is 52.6 Å². The highest BCUT2D eigenvalue weighted by Crippen LogP contribution is 2.20. The maximum absolute atomic E-state index is 12.5. The van der Waals surface area contributed by atoms with Gasteiger partial charge in [0.1, 0.15) is 6.54 Å². The lowest BCUT2D eigenvalue weighted by Crippen LogP contribution is -2.39. The van der Waals surface area contributed by atoms with E-state index in [1.165, 1.54) is 0 Å². The van der Waals surface area contributed by atoms with E-state index in [4.69, 9.17) is 11.6 Å². The van der Waals surface area contributed by atoms with Crippen LogP contribution in [0.4, 0.5) is 10.5 Å². The fraction of sp³-hybridized carbons (Fsp3) is 0.263. The van der Waals surface area contributed by atoms with Gasteiger partial charge in [0.05, 0.1) is 0 Å². The van der Waals surface area contributed by atoms with Gasteiger partial charge in [0.15, 0.2) is 0 Å². The SMILES string of the molecule is Cc1ccc(N2CCN(CC(=O)NCc3ccc(Cl)cc3)C2=O)cc1. The van der Waals surface area contributed by atoms with Gasteiger partial charge in [-0.2, -0.15) is 0 Å². The zero-order chi connectivity index (χ0) is 17.8. The second-order valence-corrected chi connectivity index (χ2v) is 6.53. The Morgan fingerprint density at radius 1 is 1.08 bits per heavy atom. The zero-order valence-electron chi connectivity index (χ0n) is 14.0. The van der Waals surface area contributed by atoms with E-state index in [2.05, 4.69) is 5.32 Å². The van der Waals surface area contributed by atoms with E-state index in [0.29, 0.717) is 24.7 Å². The number of amides is 3. The van der Waals surface area contributed by atoms with Crippen LogP contribution in [0.15, 0.2) is 48.5 Å². The standard InChI is InChI=1S/C19H20ClN3O2/c1-14-2-8-17(9-3-14)23-11-10-22(19(23)25)13-18(24)21-12-15-4-6-16(20)7-5-15/h2-9H,10-13H2,1H3,(H,21,24). The molecule has 1 saturated heterocycles. The van der Waals surface area contributed by atoms with Gasteiger partial charge in [-0.15, -0.1) is 0 Å². The summed E-state index contributed by atoms with van der Waals surface area (Å²) >= 11 is 5.84. The Bertz CT molecular complexity index is 759. The van der Waals surface area contributed by atoms with Crippen molar-refractivity contribution in [2.75, 3.05) is 24.5 Å². The van der Waals surface area contributed by atoms with Crippen molar-refractivity contribution < 1.29 is 9.59 Å². The number of anilines is 1. The molecule has 0 atom stereocenters. The average Bonchev–Trinajstić information content (AvgIpc) is 2.96. The number of urea groups is 1. The fourth-order valence-electron chi connectivity index (χ4n) is 2.73. The second kappa shape index (κ2) is 7.57. The Labute approximate surface area is 152 Å². The zero-order valence-corrected chi connectivity index (χ0v) is 14.8. The molecule has 25 heavy (non-hydrogen) atoms. The fourth-order valence-corrected chi connectivity index (χ4v) is 2.85. The average molecular weight is 358 g/mol. The monoisotopic (exact) mass is 357 g/mol. The number of hydrogen-bond acceptors (Lipinski definition) is 2. The highest BCUT2D eigenvalue weighted by molar-refractivity contribution is 6.30. The molecule has 3 rings (SSSR count). The van der Waals surface area contributed by atoms with Gasteiger partial charge in [0.2, 0.25) is 5.91 Å². The van der Waals surface area contributed by atoms with Gasteiger partial charge in [0, 0.05) is 30.3 Å². The van der Waals surface area contributed by atoms with E-state index < -0.39 is 0 Å². The van der Waals surface area contributed by atoms with E-state index >= 15 is 0 Å². The third kappa shape index (κ3) is 4.31. The van der Waals surface area contributed by atoms with E-state index in [1.807, 2.05) is 43.3 Å². The van der Waals surface area contributed by atoms with E-state index in [0.717, 1.165) is 16.8 Å².